The first-order valence-corrected chi connectivity index (χ1v) is 10.8. The van der Waals surface area contributed by atoms with Crippen molar-refractivity contribution >= 4 is 31.9 Å². The molecule has 1 amide bonds. The number of benzene rings is 2. The number of rotatable bonds is 7. The molecule has 2 aromatic rings. The van der Waals surface area contributed by atoms with Gasteiger partial charge in [0.2, 0.25) is 10.0 Å². The summed E-state index contributed by atoms with van der Waals surface area (Å²) >= 11 is 3.34. The Labute approximate surface area is 167 Å². The zero-order valence-corrected chi connectivity index (χ0v) is 17.5. The van der Waals surface area contributed by atoms with Crippen LogP contribution in [-0.4, -0.2) is 38.8 Å². The van der Waals surface area contributed by atoms with Gasteiger partial charge in [0.15, 0.2) is 0 Å². The maximum Gasteiger partial charge on any atom is 0.251 e. The second-order valence-electron chi connectivity index (χ2n) is 6.35. The van der Waals surface area contributed by atoms with Crippen LogP contribution in [0, 0.1) is 0 Å². The second-order valence-corrected chi connectivity index (χ2v) is 9.13. The van der Waals surface area contributed by atoms with Crippen LogP contribution in [0.15, 0.2) is 51.8 Å². The van der Waals surface area contributed by atoms with E-state index in [1.807, 2.05) is 0 Å². The summed E-state index contributed by atoms with van der Waals surface area (Å²) in [7, 11) is -0.701. The van der Waals surface area contributed by atoms with E-state index in [9.17, 15) is 13.2 Å². The maximum absolute atomic E-state index is 13.3. The minimum atomic E-state index is -3.73. The van der Waals surface area contributed by atoms with Crippen molar-refractivity contribution in [2.75, 3.05) is 14.2 Å². The maximum atomic E-state index is 13.3. The smallest absolute Gasteiger partial charge is 0.251 e. The summed E-state index contributed by atoms with van der Waals surface area (Å²) in [6, 6.07) is 11.9. The average molecular weight is 453 g/mol. The van der Waals surface area contributed by atoms with Gasteiger partial charge < -0.3 is 10.1 Å². The lowest BCUT2D eigenvalue weighted by molar-refractivity contribution is 0.0963. The van der Waals surface area contributed by atoms with Crippen LogP contribution < -0.4 is 10.1 Å². The van der Waals surface area contributed by atoms with Crippen LogP contribution in [0.5, 0.6) is 5.75 Å². The molecule has 0 aliphatic heterocycles. The van der Waals surface area contributed by atoms with Gasteiger partial charge in [-0.2, -0.15) is 4.31 Å². The van der Waals surface area contributed by atoms with Crippen molar-refractivity contribution < 1.29 is 17.9 Å². The van der Waals surface area contributed by atoms with E-state index < -0.39 is 10.0 Å². The lowest BCUT2D eigenvalue weighted by Gasteiger charge is -2.23. The molecule has 0 spiro atoms. The van der Waals surface area contributed by atoms with Crippen molar-refractivity contribution in [1.29, 1.82) is 0 Å². The van der Waals surface area contributed by atoms with Crippen molar-refractivity contribution in [1.82, 2.24) is 9.62 Å². The molecule has 6 nitrogen and oxygen atoms in total. The van der Waals surface area contributed by atoms with Crippen LogP contribution in [0.3, 0.4) is 0 Å². The number of hydrogen-bond donors (Lipinski definition) is 1. The Bertz CT molecular complexity index is 941. The first kappa shape index (κ1) is 19.9. The van der Waals surface area contributed by atoms with Gasteiger partial charge in [-0.3, -0.25) is 4.79 Å². The number of ether oxygens (including phenoxy) is 1. The highest BCUT2D eigenvalue weighted by molar-refractivity contribution is 9.10. The molecule has 27 heavy (non-hydrogen) atoms. The van der Waals surface area contributed by atoms with E-state index in [4.69, 9.17) is 4.74 Å². The van der Waals surface area contributed by atoms with E-state index in [1.165, 1.54) is 11.4 Å². The van der Waals surface area contributed by atoms with Crippen molar-refractivity contribution in [3.63, 3.8) is 0 Å². The standard InChI is InChI=1S/C19H21BrN2O4S/c1-21-19(23)14-5-3-13(4-6-14)12-22(16-8-9-16)27(24,25)18-11-15(20)7-10-17(18)26-2/h3-7,10-11,16H,8-9,12H2,1-2H3,(H,21,23). The Kier molecular flexibility index (Phi) is 5.88. The number of carbonyl (C=O) groups is 1. The quantitative estimate of drug-likeness (QED) is 0.699. The number of hydrogen-bond acceptors (Lipinski definition) is 4. The molecule has 0 heterocycles. The average Bonchev–Trinajstić information content (AvgIpc) is 3.50. The minimum absolute atomic E-state index is 0.0164. The van der Waals surface area contributed by atoms with Crippen molar-refractivity contribution in [2.24, 2.45) is 0 Å². The number of amides is 1. The topological polar surface area (TPSA) is 75.7 Å². The van der Waals surface area contributed by atoms with Crippen LogP contribution in [0.4, 0.5) is 0 Å². The summed E-state index contributed by atoms with van der Waals surface area (Å²) in [5.74, 6) is 0.144. The molecular formula is C19H21BrN2O4S. The van der Waals surface area contributed by atoms with Crippen molar-refractivity contribution in [3.05, 3.63) is 58.1 Å². The summed E-state index contributed by atoms with van der Waals surface area (Å²) in [5.41, 5.74) is 1.36. The second kappa shape index (κ2) is 8.00. The Morgan fingerprint density at radius 3 is 2.44 bits per heavy atom. The molecule has 1 saturated carbocycles. The monoisotopic (exact) mass is 452 g/mol. The Hall–Kier alpha value is -1.90. The molecular weight excluding hydrogens is 432 g/mol. The number of nitrogens with zero attached hydrogens (tertiary/aromatic N) is 1. The van der Waals surface area contributed by atoms with Crippen molar-refractivity contribution in [2.45, 2.75) is 30.3 Å². The predicted octanol–water partition coefficient (Wildman–Crippen LogP) is 3.17. The van der Waals surface area contributed by atoms with Gasteiger partial charge in [0, 0.05) is 29.7 Å². The molecule has 1 aliphatic carbocycles. The van der Waals surface area contributed by atoms with Crippen LogP contribution in [0.1, 0.15) is 28.8 Å². The number of halogens is 1. The molecule has 144 valence electrons. The number of carbonyl (C=O) groups excluding carboxylic acids is 1. The van der Waals surface area contributed by atoms with Crippen molar-refractivity contribution in [3.8, 4) is 5.75 Å². The Morgan fingerprint density at radius 1 is 1.22 bits per heavy atom. The fourth-order valence-corrected chi connectivity index (χ4v) is 5.21. The highest BCUT2D eigenvalue weighted by Gasteiger charge is 2.39. The molecule has 3 rings (SSSR count). The number of sulfonamides is 1. The van der Waals surface area contributed by atoms with Crippen LogP contribution in [0.2, 0.25) is 0 Å². The van der Waals surface area contributed by atoms with E-state index in [0.717, 1.165) is 18.4 Å². The lowest BCUT2D eigenvalue weighted by Crippen LogP contribution is -2.33. The van der Waals surface area contributed by atoms with Gasteiger partial charge in [-0.05, 0) is 48.7 Å². The van der Waals surface area contributed by atoms with E-state index in [-0.39, 0.29) is 23.4 Å². The third-order valence-corrected chi connectivity index (χ3v) is 6.86. The van der Waals surface area contributed by atoms with E-state index >= 15 is 0 Å². The summed E-state index contributed by atoms with van der Waals surface area (Å²) in [4.78, 5) is 11.8. The van der Waals surface area contributed by atoms with Gasteiger partial charge in [0.05, 0.1) is 7.11 Å². The Morgan fingerprint density at radius 2 is 1.89 bits per heavy atom. The molecule has 1 fully saturated rings. The molecule has 0 atom stereocenters. The van der Waals surface area contributed by atoms with E-state index in [2.05, 4.69) is 21.2 Å². The largest absolute Gasteiger partial charge is 0.495 e. The number of methoxy groups -OCH3 is 1. The van der Waals surface area contributed by atoms with Crippen LogP contribution in [0.25, 0.3) is 0 Å². The molecule has 2 aromatic carbocycles. The highest BCUT2D eigenvalue weighted by atomic mass is 79.9. The summed E-state index contributed by atoms with van der Waals surface area (Å²) in [6.45, 7) is 0.247. The molecule has 1 aliphatic rings. The molecule has 0 radical (unpaired) electrons. The molecule has 8 heteroatoms. The van der Waals surface area contributed by atoms with Gasteiger partial charge in [0.1, 0.15) is 10.6 Å². The number of nitrogens with one attached hydrogen (secondary N) is 1. The van der Waals surface area contributed by atoms with E-state index in [1.54, 1.807) is 49.5 Å². The predicted molar refractivity (Wildman–Crippen MR) is 106 cm³/mol. The first-order chi connectivity index (χ1) is 12.9. The molecule has 0 saturated heterocycles. The first-order valence-electron chi connectivity index (χ1n) is 8.53. The molecule has 0 aromatic heterocycles. The van der Waals surface area contributed by atoms with E-state index in [0.29, 0.717) is 15.8 Å². The van der Waals surface area contributed by atoms with Gasteiger partial charge in [-0.25, -0.2) is 8.42 Å². The van der Waals surface area contributed by atoms with Crippen LogP contribution >= 0.6 is 15.9 Å². The van der Waals surface area contributed by atoms with Crippen LogP contribution in [-0.2, 0) is 16.6 Å². The fraction of sp³-hybridized carbons (Fsp3) is 0.316. The van der Waals surface area contributed by atoms with Gasteiger partial charge >= 0.3 is 0 Å². The third-order valence-electron chi connectivity index (χ3n) is 4.45. The zero-order valence-electron chi connectivity index (χ0n) is 15.1. The SMILES string of the molecule is CNC(=O)c1ccc(CN(C2CC2)S(=O)(=O)c2cc(Br)ccc2OC)cc1. The summed E-state index contributed by atoms with van der Waals surface area (Å²) in [5, 5.41) is 2.57. The molecule has 1 N–H and O–H groups in total. The van der Waals surface area contributed by atoms with Gasteiger partial charge in [0.25, 0.3) is 5.91 Å². The molecule has 0 unspecified atom stereocenters. The zero-order chi connectivity index (χ0) is 19.6. The Balaban J connectivity index is 1.92. The summed E-state index contributed by atoms with van der Waals surface area (Å²) < 4.78 is 34.1. The lowest BCUT2D eigenvalue weighted by atomic mass is 10.1. The summed E-state index contributed by atoms with van der Waals surface area (Å²) in [6.07, 6.45) is 1.68. The normalized spacial score (nSPS) is 14.2. The highest BCUT2D eigenvalue weighted by Crippen LogP contribution is 2.37. The van der Waals surface area contributed by atoms with Gasteiger partial charge in [-0.15, -0.1) is 0 Å². The fourth-order valence-electron chi connectivity index (χ4n) is 2.84. The molecule has 0 bridgehead atoms. The third kappa shape index (κ3) is 4.34. The minimum Gasteiger partial charge on any atom is -0.495 e. The van der Waals surface area contributed by atoms with Gasteiger partial charge in [-0.1, -0.05) is 28.1 Å².